The van der Waals surface area contributed by atoms with Crippen molar-refractivity contribution in [3.8, 4) is 11.4 Å². The Kier molecular flexibility index (Phi) is 1.96. The summed E-state index contributed by atoms with van der Waals surface area (Å²) in [6.45, 7) is 0. The van der Waals surface area contributed by atoms with E-state index in [-0.39, 0.29) is 0 Å². The summed E-state index contributed by atoms with van der Waals surface area (Å²) in [6.07, 6.45) is 1.78. The van der Waals surface area contributed by atoms with Crippen LogP contribution in [-0.2, 0) is 7.05 Å². The Balaban J connectivity index is 2.23. The summed E-state index contributed by atoms with van der Waals surface area (Å²) in [4.78, 5) is 4.62. The van der Waals surface area contributed by atoms with Gasteiger partial charge < -0.3 is 0 Å². The van der Waals surface area contributed by atoms with E-state index in [9.17, 15) is 0 Å². The number of pyridine rings is 1. The zero-order valence-electron chi connectivity index (χ0n) is 8.96. The fourth-order valence-electron chi connectivity index (χ4n) is 1.83. The summed E-state index contributed by atoms with van der Waals surface area (Å²) in [5.41, 5.74) is 3.01. The smallest absolute Gasteiger partial charge is 0.0890 e. The molecule has 0 N–H and O–H groups in total. The van der Waals surface area contributed by atoms with Gasteiger partial charge in [0.1, 0.15) is 0 Å². The molecule has 0 aliphatic rings. The van der Waals surface area contributed by atoms with E-state index in [1.54, 1.807) is 6.20 Å². The average molecular weight is 209 g/mol. The lowest BCUT2D eigenvalue weighted by Gasteiger charge is -2.03. The summed E-state index contributed by atoms with van der Waals surface area (Å²) < 4.78 is 1.83. The zero-order chi connectivity index (χ0) is 11.0. The molecule has 0 aliphatic heterocycles. The first-order valence-corrected chi connectivity index (χ1v) is 5.19. The van der Waals surface area contributed by atoms with Gasteiger partial charge in [-0.2, -0.15) is 5.10 Å². The second-order valence-electron chi connectivity index (χ2n) is 3.73. The van der Waals surface area contributed by atoms with Gasteiger partial charge in [0.2, 0.25) is 0 Å². The number of para-hydroxylation sites is 1. The first-order valence-electron chi connectivity index (χ1n) is 5.19. The third-order valence-electron chi connectivity index (χ3n) is 2.68. The van der Waals surface area contributed by atoms with Gasteiger partial charge >= 0.3 is 0 Å². The summed E-state index contributed by atoms with van der Waals surface area (Å²) in [5.74, 6) is 0. The van der Waals surface area contributed by atoms with Gasteiger partial charge in [-0.25, -0.2) is 4.98 Å². The van der Waals surface area contributed by atoms with Gasteiger partial charge in [0, 0.05) is 18.6 Å². The van der Waals surface area contributed by atoms with Crippen molar-refractivity contribution in [2.75, 3.05) is 0 Å². The number of benzene rings is 1. The molecule has 0 saturated heterocycles. The van der Waals surface area contributed by atoms with Gasteiger partial charge in [-0.15, -0.1) is 0 Å². The van der Waals surface area contributed by atoms with E-state index in [0.29, 0.717) is 0 Å². The van der Waals surface area contributed by atoms with Crippen molar-refractivity contribution in [3.05, 3.63) is 48.7 Å². The van der Waals surface area contributed by atoms with E-state index in [2.05, 4.69) is 22.2 Å². The first-order chi connectivity index (χ1) is 7.84. The highest BCUT2D eigenvalue weighted by Gasteiger charge is 2.04. The van der Waals surface area contributed by atoms with E-state index in [4.69, 9.17) is 0 Å². The molecule has 16 heavy (non-hydrogen) atoms. The van der Waals surface area contributed by atoms with Crippen molar-refractivity contribution >= 4 is 10.9 Å². The molecular weight excluding hydrogens is 198 g/mol. The van der Waals surface area contributed by atoms with Crippen molar-refractivity contribution in [1.82, 2.24) is 14.8 Å². The lowest BCUT2D eigenvalue weighted by Crippen LogP contribution is -1.95. The van der Waals surface area contributed by atoms with Crippen molar-refractivity contribution in [1.29, 1.82) is 0 Å². The number of nitrogens with zero attached hydrogens (tertiary/aromatic N) is 3. The van der Waals surface area contributed by atoms with Crippen molar-refractivity contribution in [2.24, 2.45) is 7.05 Å². The number of aromatic nitrogens is 3. The number of aryl methyl sites for hydroxylation is 1. The summed E-state index contributed by atoms with van der Waals surface area (Å²) in [6, 6.07) is 14.2. The quantitative estimate of drug-likeness (QED) is 0.616. The molecular formula is C13H11N3. The minimum Gasteiger partial charge on any atom is -0.266 e. The van der Waals surface area contributed by atoms with Crippen LogP contribution in [0.2, 0.25) is 0 Å². The topological polar surface area (TPSA) is 30.7 Å². The van der Waals surface area contributed by atoms with Crippen LogP contribution in [0.25, 0.3) is 22.3 Å². The van der Waals surface area contributed by atoms with Crippen molar-refractivity contribution in [2.45, 2.75) is 0 Å². The van der Waals surface area contributed by atoms with Gasteiger partial charge in [-0.1, -0.05) is 24.3 Å². The van der Waals surface area contributed by atoms with E-state index >= 15 is 0 Å². The molecule has 0 radical (unpaired) electrons. The minimum absolute atomic E-state index is 0.957. The van der Waals surface area contributed by atoms with Crippen LogP contribution in [0.5, 0.6) is 0 Å². The Hall–Kier alpha value is -2.16. The number of rotatable bonds is 1. The third-order valence-corrected chi connectivity index (χ3v) is 2.68. The summed E-state index contributed by atoms with van der Waals surface area (Å²) >= 11 is 0. The Morgan fingerprint density at radius 1 is 1.00 bits per heavy atom. The van der Waals surface area contributed by atoms with Gasteiger partial charge in [-0.05, 0) is 18.2 Å². The molecule has 3 rings (SSSR count). The second-order valence-corrected chi connectivity index (χ2v) is 3.73. The molecule has 0 atom stereocenters. The van der Waals surface area contributed by atoms with E-state index in [0.717, 1.165) is 22.3 Å². The molecule has 0 amide bonds. The molecule has 1 aromatic carbocycles. The minimum atomic E-state index is 0.957. The molecule has 2 aromatic heterocycles. The Labute approximate surface area is 93.4 Å². The molecule has 3 heteroatoms. The van der Waals surface area contributed by atoms with Crippen LogP contribution < -0.4 is 0 Å². The van der Waals surface area contributed by atoms with Crippen LogP contribution in [0.3, 0.4) is 0 Å². The Morgan fingerprint density at radius 3 is 2.69 bits per heavy atom. The second kappa shape index (κ2) is 3.45. The molecule has 0 fully saturated rings. The van der Waals surface area contributed by atoms with Crippen LogP contribution in [-0.4, -0.2) is 14.8 Å². The predicted molar refractivity (Wildman–Crippen MR) is 63.9 cm³/mol. The number of hydrogen-bond donors (Lipinski definition) is 0. The average Bonchev–Trinajstić information content (AvgIpc) is 2.75. The largest absolute Gasteiger partial charge is 0.266 e. The predicted octanol–water partition coefficient (Wildman–Crippen LogP) is 2.64. The van der Waals surface area contributed by atoms with Crippen LogP contribution in [0, 0.1) is 0 Å². The highest BCUT2D eigenvalue weighted by atomic mass is 15.3. The van der Waals surface area contributed by atoms with Crippen LogP contribution in [0.4, 0.5) is 0 Å². The zero-order valence-corrected chi connectivity index (χ0v) is 8.96. The van der Waals surface area contributed by atoms with Gasteiger partial charge in [-0.3, -0.25) is 4.68 Å². The molecule has 0 bridgehead atoms. The monoisotopic (exact) mass is 209 g/mol. The van der Waals surface area contributed by atoms with Crippen LogP contribution in [0.1, 0.15) is 0 Å². The molecule has 2 heterocycles. The highest BCUT2D eigenvalue weighted by Crippen LogP contribution is 2.19. The molecule has 0 aliphatic carbocycles. The number of fused-ring (bicyclic) bond motifs is 1. The molecule has 0 saturated carbocycles. The van der Waals surface area contributed by atoms with Crippen molar-refractivity contribution in [3.63, 3.8) is 0 Å². The highest BCUT2D eigenvalue weighted by molar-refractivity contribution is 5.80. The molecule has 0 spiro atoms. The number of hydrogen-bond acceptors (Lipinski definition) is 2. The standard InChI is InChI=1S/C13H11N3/c1-16-13(8-9-14-16)12-7-6-10-4-2-3-5-11(10)15-12/h2-9H,1H3. The molecule has 0 unspecified atom stereocenters. The van der Waals surface area contributed by atoms with E-state index < -0.39 is 0 Å². The first kappa shape index (κ1) is 9.09. The fourth-order valence-corrected chi connectivity index (χ4v) is 1.83. The SMILES string of the molecule is Cn1nccc1-c1ccc2ccccc2n1. The maximum absolute atomic E-state index is 4.62. The van der Waals surface area contributed by atoms with E-state index in [1.807, 2.05) is 42.1 Å². The lowest BCUT2D eigenvalue weighted by atomic mass is 10.2. The molecule has 78 valence electrons. The van der Waals surface area contributed by atoms with Gasteiger partial charge in [0.15, 0.2) is 0 Å². The molecule has 3 aromatic rings. The maximum Gasteiger partial charge on any atom is 0.0890 e. The maximum atomic E-state index is 4.62. The fraction of sp³-hybridized carbons (Fsp3) is 0.0769. The third kappa shape index (κ3) is 1.37. The van der Waals surface area contributed by atoms with Crippen LogP contribution >= 0.6 is 0 Å². The normalized spacial score (nSPS) is 10.8. The Bertz CT molecular complexity index is 640. The molecule has 3 nitrogen and oxygen atoms in total. The lowest BCUT2D eigenvalue weighted by molar-refractivity contribution is 0.774. The van der Waals surface area contributed by atoms with Gasteiger partial charge in [0.05, 0.1) is 16.9 Å². The Morgan fingerprint density at radius 2 is 1.88 bits per heavy atom. The van der Waals surface area contributed by atoms with Crippen LogP contribution in [0.15, 0.2) is 48.7 Å². The van der Waals surface area contributed by atoms with Crippen molar-refractivity contribution < 1.29 is 0 Å². The summed E-state index contributed by atoms with van der Waals surface area (Å²) in [7, 11) is 1.92. The summed E-state index contributed by atoms with van der Waals surface area (Å²) in [5, 5.41) is 5.31. The van der Waals surface area contributed by atoms with E-state index in [1.165, 1.54) is 0 Å². The van der Waals surface area contributed by atoms with Gasteiger partial charge in [0.25, 0.3) is 0 Å².